The zero-order chi connectivity index (χ0) is 18.8. The first-order valence-corrected chi connectivity index (χ1v) is 9.02. The Kier molecular flexibility index (Phi) is 4.48. The van der Waals surface area contributed by atoms with Crippen molar-refractivity contribution in [3.05, 3.63) is 82.8 Å². The molecule has 0 aliphatic carbocycles. The van der Waals surface area contributed by atoms with Gasteiger partial charge in [-0.1, -0.05) is 42.5 Å². The van der Waals surface area contributed by atoms with E-state index in [0.717, 1.165) is 16.3 Å². The summed E-state index contributed by atoms with van der Waals surface area (Å²) in [5.74, 6) is -1.19. The smallest absolute Gasteiger partial charge is 0.335 e. The van der Waals surface area contributed by atoms with E-state index < -0.39 is 5.97 Å². The van der Waals surface area contributed by atoms with Gasteiger partial charge in [-0.2, -0.15) is 0 Å². The second-order valence-corrected chi connectivity index (χ2v) is 6.93. The Balaban J connectivity index is 1.62. The van der Waals surface area contributed by atoms with E-state index in [1.54, 1.807) is 12.1 Å². The molecule has 0 spiro atoms. The first kappa shape index (κ1) is 17.1. The highest BCUT2D eigenvalue weighted by molar-refractivity contribution is 8.18. The fourth-order valence-corrected chi connectivity index (χ4v) is 3.63. The van der Waals surface area contributed by atoms with E-state index in [9.17, 15) is 9.59 Å². The van der Waals surface area contributed by atoms with Crippen LogP contribution in [0, 0.1) is 0 Å². The van der Waals surface area contributed by atoms with Gasteiger partial charge in [0.2, 0.25) is 0 Å². The number of carboxylic acid groups (broad SMARTS) is 1. The van der Waals surface area contributed by atoms with E-state index in [2.05, 4.69) is 10.3 Å². The molecule has 132 valence electrons. The van der Waals surface area contributed by atoms with E-state index >= 15 is 0 Å². The van der Waals surface area contributed by atoms with Crippen LogP contribution in [0.5, 0.6) is 0 Å². The minimum Gasteiger partial charge on any atom is -0.478 e. The molecule has 27 heavy (non-hydrogen) atoms. The van der Waals surface area contributed by atoms with Crippen molar-refractivity contribution in [1.82, 2.24) is 5.32 Å². The minimum absolute atomic E-state index is 0.193. The number of carbonyl (C=O) groups is 2. The summed E-state index contributed by atoms with van der Waals surface area (Å²) in [7, 11) is 0. The number of fused-ring (bicyclic) bond motifs is 1. The summed E-state index contributed by atoms with van der Waals surface area (Å²) in [6, 6.07) is 20.2. The summed E-state index contributed by atoms with van der Waals surface area (Å²) < 4.78 is 0. The lowest BCUT2D eigenvalue weighted by Gasteiger charge is -2.02. The van der Waals surface area contributed by atoms with Gasteiger partial charge in [0.1, 0.15) is 0 Å². The predicted molar refractivity (Wildman–Crippen MR) is 108 cm³/mol. The second-order valence-electron chi connectivity index (χ2n) is 5.90. The Hall–Kier alpha value is -3.38. The summed E-state index contributed by atoms with van der Waals surface area (Å²) in [5, 5.41) is 14.3. The van der Waals surface area contributed by atoms with Crippen molar-refractivity contribution in [2.24, 2.45) is 4.99 Å². The number of aromatic carboxylic acids is 1. The lowest BCUT2D eigenvalue weighted by molar-refractivity contribution is -0.115. The molecule has 2 N–H and O–H groups in total. The number of amidine groups is 1. The summed E-state index contributed by atoms with van der Waals surface area (Å²) in [6.07, 6.45) is 1.86. The summed E-state index contributed by atoms with van der Waals surface area (Å²) in [5.41, 5.74) is 1.74. The third-order valence-corrected chi connectivity index (χ3v) is 5.02. The number of amides is 1. The zero-order valence-corrected chi connectivity index (χ0v) is 14.9. The van der Waals surface area contributed by atoms with Crippen LogP contribution in [0.2, 0.25) is 0 Å². The molecule has 0 bridgehead atoms. The van der Waals surface area contributed by atoms with E-state index in [0.29, 0.717) is 15.8 Å². The predicted octanol–water partition coefficient (Wildman–Crippen LogP) is 4.43. The van der Waals surface area contributed by atoms with Gasteiger partial charge in [0.15, 0.2) is 5.17 Å². The number of rotatable bonds is 3. The molecular weight excluding hydrogens is 360 g/mol. The highest BCUT2D eigenvalue weighted by atomic mass is 32.2. The van der Waals surface area contributed by atoms with Crippen LogP contribution >= 0.6 is 11.8 Å². The van der Waals surface area contributed by atoms with Crippen molar-refractivity contribution < 1.29 is 14.7 Å². The molecule has 6 heteroatoms. The van der Waals surface area contributed by atoms with Gasteiger partial charge in [-0.15, -0.1) is 0 Å². The number of carbonyl (C=O) groups excluding carboxylic acids is 1. The number of thioether (sulfide) groups is 1. The minimum atomic E-state index is -0.988. The normalized spacial score (nSPS) is 16.8. The largest absolute Gasteiger partial charge is 0.478 e. The van der Waals surface area contributed by atoms with Crippen molar-refractivity contribution in [3.8, 4) is 0 Å². The SMILES string of the molecule is O=C1NC(=Nc2ccc(C(=O)O)cc2)S/C1=C\c1cccc2ccccc12. The molecule has 0 saturated carbocycles. The van der Waals surface area contributed by atoms with Gasteiger partial charge < -0.3 is 10.4 Å². The van der Waals surface area contributed by atoms with Crippen LogP contribution in [-0.4, -0.2) is 22.2 Å². The van der Waals surface area contributed by atoms with Crippen LogP contribution in [-0.2, 0) is 4.79 Å². The molecule has 0 aromatic heterocycles. The Morgan fingerprint density at radius 2 is 1.74 bits per heavy atom. The molecule has 0 unspecified atom stereocenters. The summed E-state index contributed by atoms with van der Waals surface area (Å²) >= 11 is 1.26. The number of benzene rings is 3. The van der Waals surface area contributed by atoms with Crippen LogP contribution in [0.25, 0.3) is 16.8 Å². The molecule has 0 radical (unpaired) electrons. The van der Waals surface area contributed by atoms with E-state index in [4.69, 9.17) is 5.11 Å². The van der Waals surface area contributed by atoms with Gasteiger partial charge in [-0.05, 0) is 58.4 Å². The van der Waals surface area contributed by atoms with Crippen molar-refractivity contribution in [1.29, 1.82) is 0 Å². The van der Waals surface area contributed by atoms with Crippen molar-refractivity contribution in [2.75, 3.05) is 0 Å². The first-order valence-electron chi connectivity index (χ1n) is 8.21. The molecule has 5 nitrogen and oxygen atoms in total. The van der Waals surface area contributed by atoms with E-state index in [-0.39, 0.29) is 11.5 Å². The number of carboxylic acids is 1. The molecular formula is C21H14N2O3S. The molecule has 1 heterocycles. The van der Waals surface area contributed by atoms with Gasteiger partial charge in [-0.25, -0.2) is 9.79 Å². The molecule has 1 aliphatic heterocycles. The van der Waals surface area contributed by atoms with Crippen LogP contribution in [0.3, 0.4) is 0 Å². The second kappa shape index (κ2) is 7.09. The molecule has 3 aromatic rings. The van der Waals surface area contributed by atoms with Crippen LogP contribution in [0.15, 0.2) is 76.6 Å². The topological polar surface area (TPSA) is 78.8 Å². The van der Waals surface area contributed by atoms with Crippen molar-refractivity contribution in [3.63, 3.8) is 0 Å². The lowest BCUT2D eigenvalue weighted by Crippen LogP contribution is -2.19. The Morgan fingerprint density at radius 1 is 1.00 bits per heavy atom. The molecule has 1 aliphatic rings. The number of aliphatic imine (C=N–C) groups is 1. The average Bonchev–Trinajstić information content (AvgIpc) is 3.01. The molecule has 0 atom stereocenters. The summed E-state index contributed by atoms with van der Waals surface area (Å²) in [6.45, 7) is 0. The number of hydrogen-bond donors (Lipinski definition) is 2. The fraction of sp³-hybridized carbons (Fsp3) is 0. The fourth-order valence-electron chi connectivity index (χ4n) is 2.79. The average molecular weight is 374 g/mol. The molecule has 1 amide bonds. The maximum atomic E-state index is 12.3. The Bertz CT molecular complexity index is 1110. The zero-order valence-electron chi connectivity index (χ0n) is 14.0. The van der Waals surface area contributed by atoms with E-state index in [1.807, 2.05) is 48.5 Å². The quantitative estimate of drug-likeness (QED) is 0.665. The standard InChI is InChI=1S/C21H14N2O3S/c24-19-18(12-15-6-3-5-13-4-1-2-7-17(13)15)27-21(23-19)22-16-10-8-14(9-11-16)20(25)26/h1-12H,(H,25,26)(H,22,23,24)/b18-12-. The summed E-state index contributed by atoms with van der Waals surface area (Å²) in [4.78, 5) is 28.1. The third kappa shape index (κ3) is 3.61. The van der Waals surface area contributed by atoms with Crippen LogP contribution in [0.1, 0.15) is 15.9 Å². The van der Waals surface area contributed by atoms with Gasteiger partial charge in [0, 0.05) is 0 Å². The number of nitrogens with zero attached hydrogens (tertiary/aromatic N) is 1. The Morgan fingerprint density at radius 3 is 2.52 bits per heavy atom. The van der Waals surface area contributed by atoms with Crippen LogP contribution in [0.4, 0.5) is 5.69 Å². The maximum absolute atomic E-state index is 12.3. The van der Waals surface area contributed by atoms with Crippen molar-refractivity contribution in [2.45, 2.75) is 0 Å². The molecule has 1 saturated heterocycles. The monoisotopic (exact) mass is 374 g/mol. The van der Waals surface area contributed by atoms with Gasteiger partial charge >= 0.3 is 5.97 Å². The highest BCUT2D eigenvalue weighted by Crippen LogP contribution is 2.30. The van der Waals surface area contributed by atoms with E-state index in [1.165, 1.54) is 23.9 Å². The Labute approximate surface area is 159 Å². The highest BCUT2D eigenvalue weighted by Gasteiger charge is 2.24. The first-order chi connectivity index (χ1) is 13.1. The van der Waals surface area contributed by atoms with Crippen molar-refractivity contribution >= 4 is 51.3 Å². The van der Waals surface area contributed by atoms with Crippen LogP contribution < -0.4 is 5.32 Å². The molecule has 4 rings (SSSR count). The van der Waals surface area contributed by atoms with Gasteiger partial charge in [-0.3, -0.25) is 4.79 Å². The number of nitrogens with one attached hydrogen (secondary N) is 1. The number of hydrogen-bond acceptors (Lipinski definition) is 4. The molecule has 1 fully saturated rings. The molecule has 3 aromatic carbocycles. The third-order valence-electron chi connectivity index (χ3n) is 4.11. The maximum Gasteiger partial charge on any atom is 0.335 e. The lowest BCUT2D eigenvalue weighted by atomic mass is 10.0. The van der Waals surface area contributed by atoms with Gasteiger partial charge in [0.25, 0.3) is 5.91 Å². The van der Waals surface area contributed by atoms with Gasteiger partial charge in [0.05, 0.1) is 16.2 Å².